The number of nitrogens with two attached hydrogens (primary N) is 5. The number of rotatable bonds is 41. The lowest BCUT2D eigenvalue weighted by Crippen LogP contribution is -2.20. The van der Waals surface area contributed by atoms with E-state index in [0.717, 1.165) is 123 Å². The van der Waals surface area contributed by atoms with E-state index in [4.69, 9.17) is 60.9 Å². The van der Waals surface area contributed by atoms with Gasteiger partial charge in [0.1, 0.15) is 17.2 Å². The van der Waals surface area contributed by atoms with Crippen molar-refractivity contribution >= 4 is 156 Å². The van der Waals surface area contributed by atoms with Crippen molar-refractivity contribution in [1.29, 1.82) is 0 Å². The number of ether oxygens (including phenoxy) is 4. The van der Waals surface area contributed by atoms with Crippen LogP contribution in [-0.4, -0.2) is 229 Å². The Morgan fingerprint density at radius 2 is 0.918 bits per heavy atom. The van der Waals surface area contributed by atoms with E-state index in [1.54, 1.807) is 144 Å². The Labute approximate surface area is 849 Å². The molecule has 0 aliphatic heterocycles. The first-order chi connectivity index (χ1) is 71.5. The molecule has 20 aromatic rings. The number of pyridine rings is 2. The van der Waals surface area contributed by atoms with Crippen molar-refractivity contribution in [3.8, 4) is 66.3 Å². The van der Waals surface area contributed by atoms with Gasteiger partial charge in [-0.05, 0) is 179 Å². The number of H-pyrrole nitrogens is 1. The number of aromatic amines is 1. The number of nitrogens with one attached hydrogen (secondary N) is 6. The lowest BCUT2D eigenvalue weighted by Gasteiger charge is -2.08. The first-order valence-electron chi connectivity index (χ1n) is 45.6. The molecule has 15 heterocycles. The third-order valence-electron chi connectivity index (χ3n) is 21.2. The van der Waals surface area contributed by atoms with Gasteiger partial charge in [0.25, 0.3) is 35.4 Å². The Morgan fingerprint density at radius 3 is 1.45 bits per heavy atom. The minimum absolute atomic E-state index is 0.208. The number of anilines is 5. The zero-order chi connectivity index (χ0) is 101. The molecule has 0 atom stereocenters. The summed E-state index contributed by atoms with van der Waals surface area (Å²) < 4.78 is 46.7. The monoisotopic (exact) mass is 2070 g/mol. The molecule has 46 nitrogen and oxygen atoms in total. The lowest BCUT2D eigenvalue weighted by molar-refractivity contribution is 0.0477. The van der Waals surface area contributed by atoms with E-state index in [9.17, 15) is 28.8 Å². The number of nitrogens with zero attached hydrogens (tertiary/aromatic N) is 22. The molecule has 5 aromatic carbocycles. The van der Waals surface area contributed by atoms with Gasteiger partial charge in [-0.3, -0.25) is 69.8 Å². The Bertz CT molecular complexity index is 7510. The highest BCUT2D eigenvalue weighted by atomic mass is 32.1. The van der Waals surface area contributed by atoms with Crippen molar-refractivity contribution in [2.75, 3.05) is 112 Å². The van der Waals surface area contributed by atoms with Crippen molar-refractivity contribution in [2.45, 2.75) is 58.9 Å². The minimum Gasteiger partial charge on any atom is -0.462 e. The van der Waals surface area contributed by atoms with Crippen LogP contribution in [0.15, 0.2) is 237 Å². The molecule has 15 aromatic heterocycles. The van der Waals surface area contributed by atoms with Crippen LogP contribution >= 0.6 is 56.7 Å². The second kappa shape index (κ2) is 51.7. The molecule has 0 unspecified atom stereocenters. The average molecular weight is 2070 g/mol. The largest absolute Gasteiger partial charge is 0.462 e. The van der Waals surface area contributed by atoms with Gasteiger partial charge in [0, 0.05) is 108 Å². The maximum atomic E-state index is 12.7. The molecule has 51 heteroatoms. The summed E-state index contributed by atoms with van der Waals surface area (Å²) in [5.41, 5.74) is 40.9. The number of aromatic nitrogens is 23. The summed E-state index contributed by atoms with van der Waals surface area (Å²) in [5.74, 6) is 0.927. The van der Waals surface area contributed by atoms with Gasteiger partial charge in [0.05, 0.1) is 146 Å². The van der Waals surface area contributed by atoms with Gasteiger partial charge in [-0.25, -0.2) is 29.7 Å². The zero-order valence-electron chi connectivity index (χ0n) is 78.2. The first-order valence-corrected chi connectivity index (χ1v) is 49.8. The summed E-state index contributed by atoms with van der Waals surface area (Å²) in [5, 5.41) is 60.9. The minimum atomic E-state index is -0.358. The fourth-order valence-electron chi connectivity index (χ4n) is 14.2. The standard InChI is InChI=1S/C20H22N6O5S.C19H22N8O4S.2C19H18N6OS.C18H17N7O2S/c21-5-8-29-10-11-30-9-6-26-15-4-3-13(12-14(15)22-20(26)28)17(27)23-19-25-24-18(32-19)16-2-1-7-31-16;1-12-22-14-10-13(2-3-15(14)27(12)5-7-30-9-8-29-6-4-20)16(28)23-19-26-25-18(32-19)17-24-21-11-31-17;20-6-2-8-25-12-22-15-9-13(4-5-17(15)25)18(26)24-19-23-16(11-27-19)14-3-1-7-21-10-14;20-7-3-9-25-12-22-15-10-13(5-6-17(15)25)18(26)24-19-23-16(11-27-19)14-4-1-2-8-21-14;19-8-2-9-25-11-14(21-24-25)12-4-6-13(7-5-12)16(26)20-18-23-22-17(28-18)15-3-1-10-27-15/h1-4,7,12H,5-6,8-11,21H2,(H,22,28)(H,23,25,27);2-3,10-11H,4-9,20H2,1H3,(H,23,26,28);1,3-5,7,9-12H,2,6,8,20H2,(H,23,24,26);1-2,4-6,8,10-12H,3,7,9,20H2,(H,23,24,26);1,3-7,10-11H,2,8-9,19H2,(H,20,23,26). The molecule has 0 aliphatic rings. The molecule has 0 radical (unpaired) electrons. The van der Waals surface area contributed by atoms with E-state index < -0.39 is 0 Å². The van der Waals surface area contributed by atoms with Crippen LogP contribution in [0, 0.1) is 6.92 Å². The van der Waals surface area contributed by atoms with Crippen LogP contribution in [0.2, 0.25) is 0 Å². The molecule has 0 bridgehead atoms. The maximum Gasteiger partial charge on any atom is 0.326 e. The van der Waals surface area contributed by atoms with Gasteiger partial charge in [0.2, 0.25) is 26.8 Å². The number of furan rings is 2. The number of carbonyl (C=O) groups excluding carboxylic acids is 5. The van der Waals surface area contributed by atoms with Gasteiger partial charge in [0.15, 0.2) is 31.8 Å². The van der Waals surface area contributed by atoms with Crippen LogP contribution in [0.4, 0.5) is 25.7 Å². The summed E-state index contributed by atoms with van der Waals surface area (Å²) >= 11 is 6.34. The third-order valence-corrected chi connectivity index (χ3v) is 25.3. The summed E-state index contributed by atoms with van der Waals surface area (Å²) in [6.07, 6.45) is 17.5. The number of hydrogen-bond donors (Lipinski definition) is 11. The Hall–Kier alpha value is -16.2. The van der Waals surface area contributed by atoms with E-state index in [0.29, 0.717) is 190 Å². The number of imidazole rings is 4. The van der Waals surface area contributed by atoms with Crippen molar-refractivity contribution in [3.63, 3.8) is 0 Å². The molecule has 750 valence electrons. The molecule has 20 rings (SSSR count). The van der Waals surface area contributed by atoms with E-state index in [-0.39, 0.29) is 41.1 Å². The number of amides is 5. The second-order valence-electron chi connectivity index (χ2n) is 31.2. The Morgan fingerprint density at radius 1 is 0.411 bits per heavy atom. The molecule has 0 aliphatic carbocycles. The molecule has 0 saturated carbocycles. The van der Waals surface area contributed by atoms with Crippen LogP contribution < -0.4 is 60.9 Å². The van der Waals surface area contributed by atoms with Crippen molar-refractivity contribution in [1.82, 2.24) is 114 Å². The normalized spacial score (nSPS) is 11.1. The van der Waals surface area contributed by atoms with E-state index in [1.165, 1.54) is 51.7 Å². The highest BCUT2D eigenvalue weighted by molar-refractivity contribution is 7.19. The van der Waals surface area contributed by atoms with E-state index in [1.807, 2.05) is 93.7 Å². The topological polar surface area (TPSA) is 629 Å². The van der Waals surface area contributed by atoms with Gasteiger partial charge in [-0.2, -0.15) is 0 Å². The smallest absolute Gasteiger partial charge is 0.326 e. The predicted octanol–water partition coefficient (Wildman–Crippen LogP) is 12.1. The van der Waals surface area contributed by atoms with Gasteiger partial charge in [-0.15, -0.1) is 68.6 Å². The number of thiazole rings is 2. The highest BCUT2D eigenvalue weighted by Crippen LogP contribution is 2.33. The fraction of sp³-hybridized carbons (Fsp3) is 0.232. The van der Waals surface area contributed by atoms with Crippen molar-refractivity contribution < 1.29 is 56.2 Å². The summed E-state index contributed by atoms with van der Waals surface area (Å²) in [6, 6.07) is 45.0. The SMILES string of the molecule is Cc1nc2cc(C(=O)Nc3nnc(-c4nnco4)s3)ccc2n1CCOCCOCCN.NCCCn1cc(-c2ccc(C(=O)Nc3nnc(-c4ccco4)s3)cc2)nn1.NCCCn1cnc2cc(C(=O)Nc3nc(-c4ccccn4)cs3)ccc21.NCCCn1cnc2cc(C(=O)Nc3nc(-c4cccnc4)cs3)ccc21.NCCOCCOCCn1c(=O)[nH]c2cc(C(=O)Nc3nnc(-c4ccco4)s3)ccc21. The average Bonchev–Trinajstić information content (AvgIpc) is 1.64. The molecular weight excluding hydrogens is 1970 g/mol. The Kier molecular flexibility index (Phi) is 36.4. The highest BCUT2D eigenvalue weighted by Gasteiger charge is 2.23. The van der Waals surface area contributed by atoms with Gasteiger partial charge < -0.3 is 79.6 Å². The molecule has 5 amide bonds. The van der Waals surface area contributed by atoms with Crippen LogP contribution in [0.3, 0.4) is 0 Å². The first kappa shape index (κ1) is 103. The van der Waals surface area contributed by atoms with Crippen molar-refractivity contribution in [2.24, 2.45) is 28.7 Å². The van der Waals surface area contributed by atoms with Crippen LogP contribution in [-0.2, 0) is 51.7 Å². The molecule has 146 heavy (non-hydrogen) atoms. The number of hydrogen-bond acceptors (Lipinski definition) is 40. The molecule has 0 spiro atoms. The summed E-state index contributed by atoms with van der Waals surface area (Å²) in [6.45, 7) is 12.0. The fourth-order valence-corrected chi connectivity index (χ4v) is 17.7. The van der Waals surface area contributed by atoms with Crippen LogP contribution in [0.25, 0.3) is 110 Å². The predicted molar refractivity (Wildman–Crippen MR) is 553 cm³/mol. The Balaban J connectivity index is 0.000000131. The second-order valence-corrected chi connectivity index (χ2v) is 35.9. The third kappa shape index (κ3) is 27.6. The maximum absolute atomic E-state index is 12.7. The van der Waals surface area contributed by atoms with E-state index in [2.05, 4.69) is 122 Å². The zero-order valence-corrected chi connectivity index (χ0v) is 82.3. The van der Waals surface area contributed by atoms with Gasteiger partial charge in [-0.1, -0.05) is 57.4 Å². The van der Waals surface area contributed by atoms with Gasteiger partial charge >= 0.3 is 5.69 Å². The number of benzene rings is 5. The number of fused-ring (bicyclic) bond motifs is 4. The van der Waals surface area contributed by atoms with Crippen LogP contribution in [0.1, 0.15) is 76.9 Å². The summed E-state index contributed by atoms with van der Waals surface area (Å²) in [7, 11) is 0. The molecule has 16 N–H and O–H groups in total. The molecular formula is C95H97N33O13S5. The van der Waals surface area contributed by atoms with Crippen LogP contribution in [0.5, 0.6) is 0 Å². The molecule has 0 saturated heterocycles. The summed E-state index contributed by atoms with van der Waals surface area (Å²) in [4.78, 5) is 109. The van der Waals surface area contributed by atoms with E-state index >= 15 is 0 Å². The molecule has 0 fully saturated rings. The number of carbonyl (C=O) groups is 5. The van der Waals surface area contributed by atoms with Crippen molar-refractivity contribution in [3.05, 3.63) is 263 Å². The lowest BCUT2D eigenvalue weighted by atomic mass is 10.1. The quantitative estimate of drug-likeness (QED) is 0.0159. The number of aryl methyl sites for hydroxylation is 4.